The van der Waals surface area contributed by atoms with Crippen LogP contribution < -0.4 is 21.2 Å². The molecule has 0 aliphatic rings. The van der Waals surface area contributed by atoms with E-state index in [0.29, 0.717) is 0 Å². The Hall–Kier alpha value is -0.570. The summed E-state index contributed by atoms with van der Waals surface area (Å²) in [5.41, 5.74) is 0. The molecule has 58 valence electrons. The van der Waals surface area contributed by atoms with Gasteiger partial charge in [0.25, 0.3) is 0 Å². The molecule has 1 heteroatoms. The van der Waals surface area contributed by atoms with Crippen LogP contribution in [0.1, 0.15) is 0 Å². The fraction of sp³-hybridized carbons (Fsp3) is 0. The van der Waals surface area contributed by atoms with Crippen LogP contribution in [0.2, 0.25) is 0 Å². The molecule has 0 aromatic heterocycles. The molecule has 0 saturated heterocycles. The minimum absolute atomic E-state index is 0.0486. The molecule has 0 nitrogen and oxygen atoms in total. The third-order valence-electron chi connectivity index (χ3n) is 1.19. The standard InChI is InChI=1S/C10H10I/c1-3-9(2)11-10-7-5-4-6-8-10/h3-8H,1-2H2/q-1. The summed E-state index contributed by atoms with van der Waals surface area (Å²) in [6, 6.07) is 10.4. The Morgan fingerprint density at radius 3 is 2.45 bits per heavy atom. The zero-order valence-electron chi connectivity index (χ0n) is 6.26. The molecule has 0 heterocycles. The number of hydrogen-bond acceptors (Lipinski definition) is 0. The van der Waals surface area contributed by atoms with Crippen LogP contribution in [0, 0.1) is 3.57 Å². The molecule has 0 aliphatic heterocycles. The number of hydrogen-bond donors (Lipinski definition) is 0. The Balaban J connectivity index is 2.65. The fourth-order valence-electron chi connectivity index (χ4n) is 0.656. The van der Waals surface area contributed by atoms with Crippen LogP contribution in [0.25, 0.3) is 0 Å². The molecule has 11 heavy (non-hydrogen) atoms. The zero-order valence-corrected chi connectivity index (χ0v) is 8.41. The maximum absolute atomic E-state index is 3.90. The molecule has 1 aromatic carbocycles. The van der Waals surface area contributed by atoms with Crippen LogP contribution in [0.4, 0.5) is 0 Å². The summed E-state index contributed by atoms with van der Waals surface area (Å²) in [5, 5.41) is 0. The van der Waals surface area contributed by atoms with Crippen LogP contribution in [-0.4, -0.2) is 0 Å². The number of rotatable bonds is 3. The normalized spacial score (nSPS) is 9.45. The van der Waals surface area contributed by atoms with Gasteiger partial charge in [-0.25, -0.2) is 0 Å². The number of benzene rings is 1. The topological polar surface area (TPSA) is 0 Å². The zero-order chi connectivity index (χ0) is 8.10. The van der Waals surface area contributed by atoms with Gasteiger partial charge in [0.15, 0.2) is 0 Å². The summed E-state index contributed by atoms with van der Waals surface area (Å²) in [4.78, 5) is 0. The van der Waals surface area contributed by atoms with Crippen molar-refractivity contribution in [2.45, 2.75) is 0 Å². The number of allylic oxidation sites excluding steroid dienone is 2. The van der Waals surface area contributed by atoms with Crippen molar-refractivity contribution in [2.75, 3.05) is 0 Å². The van der Waals surface area contributed by atoms with Gasteiger partial charge in [0.2, 0.25) is 0 Å². The Bertz CT molecular complexity index is 249. The summed E-state index contributed by atoms with van der Waals surface area (Å²) < 4.78 is 2.58. The Kier molecular flexibility index (Phi) is 3.36. The number of halogens is 1. The molecule has 0 aliphatic carbocycles. The molecule has 1 aromatic rings. The molecular weight excluding hydrogens is 247 g/mol. The van der Waals surface area contributed by atoms with Gasteiger partial charge in [-0.2, -0.15) is 0 Å². The second kappa shape index (κ2) is 4.34. The molecule has 1 rings (SSSR count). The van der Waals surface area contributed by atoms with Crippen molar-refractivity contribution in [3.63, 3.8) is 0 Å². The fourth-order valence-corrected chi connectivity index (χ4v) is 2.45. The molecule has 0 fully saturated rings. The maximum atomic E-state index is 3.90. The van der Waals surface area contributed by atoms with Gasteiger partial charge in [-0.1, -0.05) is 0 Å². The van der Waals surface area contributed by atoms with Crippen molar-refractivity contribution >= 4 is 0 Å². The van der Waals surface area contributed by atoms with Gasteiger partial charge in [-0.15, -0.1) is 0 Å². The van der Waals surface area contributed by atoms with Crippen LogP contribution in [-0.2, 0) is 0 Å². The van der Waals surface area contributed by atoms with Crippen molar-refractivity contribution in [1.82, 2.24) is 0 Å². The minimum atomic E-state index is -0.0486. The summed E-state index contributed by atoms with van der Waals surface area (Å²) in [6.45, 7) is 7.58. The van der Waals surface area contributed by atoms with Crippen molar-refractivity contribution in [1.29, 1.82) is 0 Å². The SMILES string of the molecule is C=CC(=C)[I-]c1ccccc1. The second-order valence-corrected chi connectivity index (χ2v) is 5.21. The van der Waals surface area contributed by atoms with Gasteiger partial charge in [-0.3, -0.25) is 0 Å². The van der Waals surface area contributed by atoms with E-state index in [1.807, 2.05) is 12.1 Å². The summed E-state index contributed by atoms with van der Waals surface area (Å²) in [5.74, 6) is 0. The van der Waals surface area contributed by atoms with E-state index in [-0.39, 0.29) is 21.2 Å². The van der Waals surface area contributed by atoms with Crippen molar-refractivity contribution < 1.29 is 21.2 Å². The molecule has 0 amide bonds. The van der Waals surface area contributed by atoms with Gasteiger partial charge in [0, 0.05) is 0 Å². The second-order valence-electron chi connectivity index (χ2n) is 2.04. The van der Waals surface area contributed by atoms with Gasteiger partial charge >= 0.3 is 77.9 Å². The summed E-state index contributed by atoms with van der Waals surface area (Å²) in [6.07, 6.45) is 1.85. The van der Waals surface area contributed by atoms with Crippen LogP contribution >= 0.6 is 0 Å². The summed E-state index contributed by atoms with van der Waals surface area (Å²) in [7, 11) is 0. The monoisotopic (exact) mass is 257 g/mol. The average Bonchev–Trinajstić information content (AvgIpc) is 2.06. The van der Waals surface area contributed by atoms with E-state index in [2.05, 4.69) is 37.4 Å². The van der Waals surface area contributed by atoms with E-state index in [9.17, 15) is 0 Å². The van der Waals surface area contributed by atoms with Crippen molar-refractivity contribution in [3.8, 4) is 0 Å². The first-order valence-corrected chi connectivity index (χ1v) is 5.50. The van der Waals surface area contributed by atoms with Gasteiger partial charge in [0.1, 0.15) is 0 Å². The average molecular weight is 257 g/mol. The van der Waals surface area contributed by atoms with Crippen LogP contribution in [0.15, 0.2) is 53.1 Å². The first kappa shape index (κ1) is 8.53. The molecule has 0 spiro atoms. The van der Waals surface area contributed by atoms with E-state index in [4.69, 9.17) is 0 Å². The predicted octanol–water partition coefficient (Wildman–Crippen LogP) is -0.355. The van der Waals surface area contributed by atoms with Gasteiger partial charge < -0.3 is 0 Å². The van der Waals surface area contributed by atoms with E-state index < -0.39 is 0 Å². The first-order chi connectivity index (χ1) is 5.33. The van der Waals surface area contributed by atoms with Gasteiger partial charge in [0.05, 0.1) is 0 Å². The van der Waals surface area contributed by atoms with Crippen LogP contribution in [0.3, 0.4) is 0 Å². The van der Waals surface area contributed by atoms with Crippen LogP contribution in [0.5, 0.6) is 0 Å². The van der Waals surface area contributed by atoms with Crippen molar-refractivity contribution in [3.05, 3.63) is 56.7 Å². The molecule has 0 radical (unpaired) electrons. The Morgan fingerprint density at radius 1 is 1.27 bits per heavy atom. The Morgan fingerprint density at radius 2 is 1.91 bits per heavy atom. The summed E-state index contributed by atoms with van der Waals surface area (Å²) >= 11 is -0.0486. The van der Waals surface area contributed by atoms with E-state index in [1.165, 1.54) is 7.15 Å². The van der Waals surface area contributed by atoms with Gasteiger partial charge in [-0.05, 0) is 0 Å². The van der Waals surface area contributed by atoms with E-state index >= 15 is 0 Å². The molecule has 0 atom stereocenters. The van der Waals surface area contributed by atoms with Crippen molar-refractivity contribution in [2.24, 2.45) is 0 Å². The third-order valence-corrected chi connectivity index (χ3v) is 3.66. The Labute approximate surface area is 77.9 Å². The molecular formula is C10H10I-. The third kappa shape index (κ3) is 2.89. The van der Waals surface area contributed by atoms with E-state index in [1.54, 1.807) is 0 Å². The molecule has 0 bridgehead atoms. The predicted molar refractivity (Wildman–Crippen MR) is 44.5 cm³/mol. The quantitative estimate of drug-likeness (QED) is 0.512. The first-order valence-electron chi connectivity index (χ1n) is 3.34. The molecule has 0 N–H and O–H groups in total. The molecule has 0 saturated carbocycles. The molecule has 0 unspecified atom stereocenters. The van der Waals surface area contributed by atoms with E-state index in [0.717, 1.165) is 0 Å².